The Morgan fingerprint density at radius 3 is 1.93 bits per heavy atom. The SMILES string of the molecule is C=C[C@@H](C)[C@](O)(/C=C(\C)C(C)C)C(C)C. The van der Waals surface area contributed by atoms with E-state index >= 15 is 0 Å². The first kappa shape index (κ1) is 14.4. The molecule has 0 saturated carbocycles. The molecule has 1 nitrogen and oxygen atoms in total. The highest BCUT2D eigenvalue weighted by molar-refractivity contribution is 5.15. The fraction of sp³-hybridized carbons (Fsp3) is 0.714. The van der Waals surface area contributed by atoms with Crippen LogP contribution in [0.25, 0.3) is 0 Å². The Bertz CT molecular complexity index is 238. The van der Waals surface area contributed by atoms with Gasteiger partial charge in [0.1, 0.15) is 0 Å². The summed E-state index contributed by atoms with van der Waals surface area (Å²) in [5.41, 5.74) is 0.468. The third-order valence-electron chi connectivity index (χ3n) is 3.38. The van der Waals surface area contributed by atoms with Crippen LogP contribution in [0.4, 0.5) is 0 Å². The summed E-state index contributed by atoms with van der Waals surface area (Å²) in [5, 5.41) is 10.6. The van der Waals surface area contributed by atoms with Crippen molar-refractivity contribution < 1.29 is 5.11 Å². The van der Waals surface area contributed by atoms with Gasteiger partial charge < -0.3 is 5.11 Å². The quantitative estimate of drug-likeness (QED) is 0.684. The van der Waals surface area contributed by atoms with E-state index in [1.807, 2.05) is 32.9 Å². The molecule has 15 heavy (non-hydrogen) atoms. The molecule has 2 atom stereocenters. The maximum atomic E-state index is 10.6. The molecule has 0 bridgehead atoms. The molecular weight excluding hydrogens is 184 g/mol. The predicted octanol–water partition coefficient (Wildman–Crippen LogP) is 3.80. The Kier molecular flexibility index (Phi) is 5.30. The average Bonchev–Trinajstić information content (AvgIpc) is 2.15. The van der Waals surface area contributed by atoms with Gasteiger partial charge in [-0.25, -0.2) is 0 Å². The number of rotatable bonds is 5. The minimum absolute atomic E-state index is 0.0752. The van der Waals surface area contributed by atoms with Gasteiger partial charge in [-0.05, 0) is 18.8 Å². The van der Waals surface area contributed by atoms with Gasteiger partial charge in [0.15, 0.2) is 0 Å². The lowest BCUT2D eigenvalue weighted by Crippen LogP contribution is -2.39. The van der Waals surface area contributed by atoms with E-state index < -0.39 is 5.60 Å². The zero-order valence-electron chi connectivity index (χ0n) is 11.0. The number of allylic oxidation sites excluding steroid dienone is 1. The van der Waals surface area contributed by atoms with E-state index in [1.54, 1.807) is 0 Å². The van der Waals surface area contributed by atoms with Gasteiger partial charge in [-0.15, -0.1) is 6.58 Å². The van der Waals surface area contributed by atoms with E-state index in [0.29, 0.717) is 5.92 Å². The molecular formula is C14H26O. The van der Waals surface area contributed by atoms with Crippen molar-refractivity contribution in [1.82, 2.24) is 0 Å². The highest BCUT2D eigenvalue weighted by atomic mass is 16.3. The molecule has 0 fully saturated rings. The highest BCUT2D eigenvalue weighted by Crippen LogP contribution is 2.30. The van der Waals surface area contributed by atoms with Crippen molar-refractivity contribution in [1.29, 1.82) is 0 Å². The van der Waals surface area contributed by atoms with Crippen LogP contribution in [-0.2, 0) is 0 Å². The van der Waals surface area contributed by atoms with E-state index in [0.717, 1.165) is 0 Å². The normalized spacial score (nSPS) is 19.1. The summed E-state index contributed by atoms with van der Waals surface area (Å²) >= 11 is 0. The maximum absolute atomic E-state index is 10.6. The van der Waals surface area contributed by atoms with Crippen LogP contribution in [0.1, 0.15) is 41.5 Å². The molecule has 88 valence electrons. The molecule has 1 N–H and O–H groups in total. The summed E-state index contributed by atoms with van der Waals surface area (Å²) in [6, 6.07) is 0. The van der Waals surface area contributed by atoms with Crippen molar-refractivity contribution in [2.45, 2.75) is 47.1 Å². The fourth-order valence-corrected chi connectivity index (χ4v) is 1.54. The zero-order chi connectivity index (χ0) is 12.2. The van der Waals surface area contributed by atoms with E-state index in [9.17, 15) is 5.11 Å². The largest absolute Gasteiger partial charge is 0.385 e. The van der Waals surface area contributed by atoms with Crippen LogP contribution < -0.4 is 0 Å². The smallest absolute Gasteiger partial charge is 0.0912 e. The zero-order valence-corrected chi connectivity index (χ0v) is 11.0. The molecule has 0 aromatic carbocycles. The van der Waals surface area contributed by atoms with Gasteiger partial charge in [-0.1, -0.05) is 52.3 Å². The topological polar surface area (TPSA) is 20.2 Å². The van der Waals surface area contributed by atoms with Gasteiger partial charge in [0.25, 0.3) is 0 Å². The van der Waals surface area contributed by atoms with Gasteiger partial charge in [-0.2, -0.15) is 0 Å². The lowest BCUT2D eigenvalue weighted by molar-refractivity contribution is 0.00891. The van der Waals surface area contributed by atoms with Crippen molar-refractivity contribution in [2.24, 2.45) is 17.8 Å². The average molecular weight is 210 g/mol. The molecule has 0 aliphatic heterocycles. The van der Waals surface area contributed by atoms with Crippen LogP contribution in [0.15, 0.2) is 24.3 Å². The van der Waals surface area contributed by atoms with Gasteiger partial charge in [0.2, 0.25) is 0 Å². The van der Waals surface area contributed by atoms with Crippen LogP contribution in [-0.4, -0.2) is 10.7 Å². The van der Waals surface area contributed by atoms with Crippen LogP contribution in [0.3, 0.4) is 0 Å². The minimum atomic E-state index is -0.768. The Labute approximate surface area is 94.9 Å². The van der Waals surface area contributed by atoms with Gasteiger partial charge >= 0.3 is 0 Å². The standard InChI is InChI=1S/C14H26O/c1-8-13(7)14(15,11(4)5)9-12(6)10(2)3/h8-11,13,15H,1H2,2-7H3/b12-9+/t13-,14+/m1/s1. The Hall–Kier alpha value is -0.560. The van der Waals surface area contributed by atoms with Crippen LogP contribution >= 0.6 is 0 Å². The summed E-state index contributed by atoms with van der Waals surface area (Å²) in [7, 11) is 0. The summed E-state index contributed by atoms with van der Waals surface area (Å²) in [6.45, 7) is 16.2. The number of hydrogen-bond acceptors (Lipinski definition) is 1. The molecule has 0 heterocycles. The van der Waals surface area contributed by atoms with Gasteiger partial charge in [-0.3, -0.25) is 0 Å². The molecule has 0 aromatic heterocycles. The van der Waals surface area contributed by atoms with E-state index in [-0.39, 0.29) is 11.8 Å². The van der Waals surface area contributed by atoms with E-state index in [4.69, 9.17) is 0 Å². The van der Waals surface area contributed by atoms with E-state index in [1.165, 1.54) is 5.57 Å². The predicted molar refractivity (Wildman–Crippen MR) is 67.7 cm³/mol. The van der Waals surface area contributed by atoms with Crippen LogP contribution in [0.5, 0.6) is 0 Å². The van der Waals surface area contributed by atoms with Crippen molar-refractivity contribution in [2.75, 3.05) is 0 Å². The molecule has 0 radical (unpaired) electrons. The summed E-state index contributed by atoms with van der Waals surface area (Å²) < 4.78 is 0. The van der Waals surface area contributed by atoms with Crippen molar-refractivity contribution in [3.63, 3.8) is 0 Å². The second kappa shape index (κ2) is 5.50. The van der Waals surface area contributed by atoms with Crippen molar-refractivity contribution in [3.8, 4) is 0 Å². The molecule has 0 aliphatic carbocycles. The van der Waals surface area contributed by atoms with Gasteiger partial charge in [0, 0.05) is 5.92 Å². The van der Waals surface area contributed by atoms with Crippen molar-refractivity contribution in [3.05, 3.63) is 24.3 Å². The first-order chi connectivity index (χ1) is 6.75. The first-order valence-corrected chi connectivity index (χ1v) is 5.80. The molecule has 0 unspecified atom stereocenters. The maximum Gasteiger partial charge on any atom is 0.0912 e. The summed E-state index contributed by atoms with van der Waals surface area (Å²) in [5.74, 6) is 0.748. The van der Waals surface area contributed by atoms with Crippen LogP contribution in [0, 0.1) is 17.8 Å². The first-order valence-electron chi connectivity index (χ1n) is 5.80. The number of aliphatic hydroxyl groups is 1. The molecule has 0 rings (SSSR count). The Morgan fingerprint density at radius 1 is 1.20 bits per heavy atom. The van der Waals surface area contributed by atoms with E-state index in [2.05, 4.69) is 27.4 Å². The molecule has 0 amide bonds. The van der Waals surface area contributed by atoms with Crippen LogP contribution in [0.2, 0.25) is 0 Å². The lowest BCUT2D eigenvalue weighted by Gasteiger charge is -2.34. The van der Waals surface area contributed by atoms with Gasteiger partial charge in [0.05, 0.1) is 5.60 Å². The molecule has 0 aliphatic rings. The molecule has 0 spiro atoms. The minimum Gasteiger partial charge on any atom is -0.385 e. The third kappa shape index (κ3) is 3.49. The molecule has 0 saturated heterocycles. The Morgan fingerprint density at radius 2 is 1.67 bits per heavy atom. The third-order valence-corrected chi connectivity index (χ3v) is 3.38. The fourth-order valence-electron chi connectivity index (χ4n) is 1.54. The molecule has 1 heteroatoms. The van der Waals surface area contributed by atoms with Crippen molar-refractivity contribution >= 4 is 0 Å². The highest BCUT2D eigenvalue weighted by Gasteiger charge is 2.33. The molecule has 0 aromatic rings. The second-order valence-corrected chi connectivity index (χ2v) is 5.11. The second-order valence-electron chi connectivity index (χ2n) is 5.11. The lowest BCUT2D eigenvalue weighted by atomic mass is 9.77. The number of hydrogen-bond donors (Lipinski definition) is 1. The summed E-state index contributed by atoms with van der Waals surface area (Å²) in [4.78, 5) is 0. The Balaban J connectivity index is 5.13. The monoisotopic (exact) mass is 210 g/mol. The summed E-state index contributed by atoms with van der Waals surface area (Å²) in [6.07, 6.45) is 3.83.